The molecule has 2 rings (SSSR count). The van der Waals surface area contributed by atoms with Gasteiger partial charge in [-0.05, 0) is 44.0 Å². The van der Waals surface area contributed by atoms with E-state index in [2.05, 4.69) is 16.0 Å². The number of ether oxygens (including phenoxy) is 1. The molecular weight excluding hydrogens is 324 g/mol. The molecule has 0 radical (unpaired) electrons. The van der Waals surface area contributed by atoms with Gasteiger partial charge in [-0.1, -0.05) is 0 Å². The summed E-state index contributed by atoms with van der Waals surface area (Å²) in [4.78, 5) is 36.3. The van der Waals surface area contributed by atoms with Gasteiger partial charge in [0.2, 0.25) is 0 Å². The number of hydrogen-bond donors (Lipinski definition) is 4. The van der Waals surface area contributed by atoms with E-state index in [4.69, 9.17) is 4.74 Å². The fourth-order valence-electron chi connectivity index (χ4n) is 2.27. The number of likely N-dealkylation sites (N-methyl/N-ethyl adjacent to an activating group) is 1. The third kappa shape index (κ3) is 6.80. The number of imide groups is 1. The lowest BCUT2D eigenvalue weighted by Crippen LogP contribution is -3.14. The molecule has 8 heteroatoms. The van der Waals surface area contributed by atoms with Crippen LogP contribution in [0.15, 0.2) is 24.3 Å². The summed E-state index contributed by atoms with van der Waals surface area (Å²) < 4.78 is 5.07. The molecule has 0 aliphatic heterocycles. The van der Waals surface area contributed by atoms with Crippen molar-refractivity contribution < 1.29 is 24.0 Å². The van der Waals surface area contributed by atoms with Gasteiger partial charge < -0.3 is 20.3 Å². The van der Waals surface area contributed by atoms with Gasteiger partial charge in [0.25, 0.3) is 11.8 Å². The minimum absolute atomic E-state index is 0.0601. The minimum Gasteiger partial charge on any atom is -0.497 e. The first kappa shape index (κ1) is 18.7. The van der Waals surface area contributed by atoms with E-state index in [1.54, 1.807) is 31.4 Å². The molecule has 8 nitrogen and oxygen atoms in total. The van der Waals surface area contributed by atoms with Gasteiger partial charge in [0.05, 0.1) is 13.7 Å². The molecule has 1 atom stereocenters. The number of quaternary nitrogens is 1. The first-order chi connectivity index (χ1) is 12.0. The van der Waals surface area contributed by atoms with Crippen molar-refractivity contribution >= 4 is 23.5 Å². The molecule has 1 saturated carbocycles. The second-order valence-electron chi connectivity index (χ2n) is 6.03. The van der Waals surface area contributed by atoms with Gasteiger partial charge in [0.15, 0.2) is 13.1 Å². The fourth-order valence-corrected chi connectivity index (χ4v) is 2.27. The van der Waals surface area contributed by atoms with E-state index in [-0.39, 0.29) is 25.0 Å². The predicted octanol–water partition coefficient (Wildman–Crippen LogP) is -0.473. The maximum absolute atomic E-state index is 12.1. The number of hydrogen-bond acceptors (Lipinski definition) is 4. The van der Waals surface area contributed by atoms with Gasteiger partial charge >= 0.3 is 6.03 Å². The Morgan fingerprint density at radius 1 is 1.12 bits per heavy atom. The van der Waals surface area contributed by atoms with Gasteiger partial charge in [-0.2, -0.15) is 0 Å². The Labute approximate surface area is 146 Å². The summed E-state index contributed by atoms with van der Waals surface area (Å²) >= 11 is 0. The van der Waals surface area contributed by atoms with Crippen LogP contribution < -0.4 is 25.6 Å². The maximum atomic E-state index is 12.1. The molecule has 0 aromatic heterocycles. The van der Waals surface area contributed by atoms with Crippen molar-refractivity contribution in [1.82, 2.24) is 10.6 Å². The number of carbonyl (C=O) groups excluding carboxylic acids is 3. The number of amides is 4. The monoisotopic (exact) mass is 349 g/mol. The molecule has 0 spiro atoms. The number of nitrogens with one attached hydrogen (secondary N) is 4. The summed E-state index contributed by atoms with van der Waals surface area (Å²) in [6.07, 6.45) is 1.92. The number of benzene rings is 1. The van der Waals surface area contributed by atoms with Gasteiger partial charge in [-0.25, -0.2) is 4.79 Å². The number of rotatable bonds is 8. The van der Waals surface area contributed by atoms with Crippen LogP contribution in [0.3, 0.4) is 0 Å². The summed E-state index contributed by atoms with van der Waals surface area (Å²) in [6, 6.07) is 6.73. The fraction of sp³-hybridized carbons (Fsp3) is 0.471. The predicted molar refractivity (Wildman–Crippen MR) is 92.6 cm³/mol. The zero-order chi connectivity index (χ0) is 18.2. The number of carbonyl (C=O) groups is 3. The zero-order valence-corrected chi connectivity index (χ0v) is 14.6. The second kappa shape index (κ2) is 9.03. The first-order valence-electron chi connectivity index (χ1n) is 8.38. The van der Waals surface area contributed by atoms with Crippen LogP contribution in [0.5, 0.6) is 5.75 Å². The molecule has 1 aliphatic rings. The Bertz CT molecular complexity index is 614. The van der Waals surface area contributed by atoms with Gasteiger partial charge in [0, 0.05) is 11.7 Å². The SMILES string of the molecule is CC[NH+](CC(=O)NC(=O)NC1CC1)CC(=O)Nc1ccc(OC)cc1. The molecule has 1 fully saturated rings. The lowest BCUT2D eigenvalue weighted by molar-refractivity contribution is -0.881. The topological polar surface area (TPSA) is 101 Å². The molecule has 0 heterocycles. The van der Waals surface area contributed by atoms with Gasteiger partial charge in [-0.15, -0.1) is 0 Å². The van der Waals surface area contributed by atoms with Crippen LogP contribution in [0.4, 0.5) is 10.5 Å². The minimum atomic E-state index is -0.467. The van der Waals surface area contributed by atoms with E-state index in [0.29, 0.717) is 18.0 Å². The number of anilines is 1. The average molecular weight is 349 g/mol. The number of urea groups is 1. The summed E-state index contributed by atoms with van der Waals surface area (Å²) in [5.74, 6) is 0.115. The quantitative estimate of drug-likeness (QED) is 0.510. The summed E-state index contributed by atoms with van der Waals surface area (Å²) in [5.41, 5.74) is 0.662. The zero-order valence-electron chi connectivity index (χ0n) is 14.6. The van der Waals surface area contributed by atoms with E-state index in [1.807, 2.05) is 6.92 Å². The Hall–Kier alpha value is -2.61. The lowest BCUT2D eigenvalue weighted by Gasteiger charge is -2.16. The van der Waals surface area contributed by atoms with Gasteiger partial charge in [-0.3, -0.25) is 14.9 Å². The van der Waals surface area contributed by atoms with E-state index >= 15 is 0 Å². The average Bonchev–Trinajstić information content (AvgIpc) is 3.38. The molecule has 1 aromatic rings. The molecule has 0 saturated heterocycles. The molecule has 1 aromatic carbocycles. The van der Waals surface area contributed by atoms with Crippen molar-refractivity contribution in [1.29, 1.82) is 0 Å². The van der Waals surface area contributed by atoms with Crippen molar-refractivity contribution in [2.75, 3.05) is 32.1 Å². The molecule has 25 heavy (non-hydrogen) atoms. The molecule has 4 N–H and O–H groups in total. The molecular formula is C17H25N4O4+. The molecule has 136 valence electrons. The van der Waals surface area contributed by atoms with E-state index in [1.165, 1.54) is 0 Å². The summed E-state index contributed by atoms with van der Waals surface area (Å²) in [6.45, 7) is 2.67. The van der Waals surface area contributed by atoms with Crippen molar-refractivity contribution in [3.05, 3.63) is 24.3 Å². The van der Waals surface area contributed by atoms with Crippen molar-refractivity contribution in [2.24, 2.45) is 0 Å². The van der Waals surface area contributed by atoms with Gasteiger partial charge in [0.1, 0.15) is 5.75 Å². The Morgan fingerprint density at radius 2 is 1.76 bits per heavy atom. The van der Waals surface area contributed by atoms with Crippen LogP contribution >= 0.6 is 0 Å². The second-order valence-corrected chi connectivity index (χ2v) is 6.03. The van der Waals surface area contributed by atoms with E-state index in [0.717, 1.165) is 17.7 Å². The molecule has 4 amide bonds. The van der Waals surface area contributed by atoms with Crippen molar-refractivity contribution in [3.8, 4) is 5.75 Å². The lowest BCUT2D eigenvalue weighted by atomic mass is 10.3. The Morgan fingerprint density at radius 3 is 2.32 bits per heavy atom. The Balaban J connectivity index is 1.75. The highest BCUT2D eigenvalue weighted by molar-refractivity contribution is 5.95. The molecule has 1 aliphatic carbocycles. The third-order valence-corrected chi connectivity index (χ3v) is 3.86. The van der Waals surface area contributed by atoms with E-state index < -0.39 is 11.9 Å². The smallest absolute Gasteiger partial charge is 0.321 e. The van der Waals surface area contributed by atoms with Crippen LogP contribution in [0, 0.1) is 0 Å². The maximum Gasteiger partial charge on any atom is 0.321 e. The standard InChI is InChI=1S/C17H24N4O4/c1-3-21(11-16(23)20-17(24)19-13-4-5-13)10-15(22)18-12-6-8-14(25-2)9-7-12/h6-9,13H,3-5,10-11H2,1-2H3,(H,18,22)(H2,19,20,23,24)/p+1. The summed E-state index contributed by atoms with van der Waals surface area (Å²) in [5, 5.41) is 7.77. The number of methoxy groups -OCH3 is 1. The molecule has 1 unspecified atom stereocenters. The summed E-state index contributed by atoms with van der Waals surface area (Å²) in [7, 11) is 1.58. The normalized spacial score (nSPS) is 14.3. The largest absolute Gasteiger partial charge is 0.497 e. The van der Waals surface area contributed by atoms with Crippen LogP contribution in [0.25, 0.3) is 0 Å². The van der Waals surface area contributed by atoms with Crippen LogP contribution in [-0.4, -0.2) is 50.6 Å². The molecule has 0 bridgehead atoms. The van der Waals surface area contributed by atoms with Crippen LogP contribution in [0.2, 0.25) is 0 Å². The van der Waals surface area contributed by atoms with Crippen molar-refractivity contribution in [2.45, 2.75) is 25.8 Å². The van der Waals surface area contributed by atoms with Crippen LogP contribution in [0.1, 0.15) is 19.8 Å². The first-order valence-corrected chi connectivity index (χ1v) is 8.38. The third-order valence-electron chi connectivity index (χ3n) is 3.86. The van der Waals surface area contributed by atoms with Crippen molar-refractivity contribution in [3.63, 3.8) is 0 Å². The van der Waals surface area contributed by atoms with E-state index in [9.17, 15) is 14.4 Å². The Kier molecular flexibility index (Phi) is 6.76. The highest BCUT2D eigenvalue weighted by Gasteiger charge is 2.25. The highest BCUT2D eigenvalue weighted by Crippen LogP contribution is 2.18. The van der Waals surface area contributed by atoms with Crippen LogP contribution in [-0.2, 0) is 9.59 Å². The highest BCUT2D eigenvalue weighted by atomic mass is 16.5.